The summed E-state index contributed by atoms with van der Waals surface area (Å²) >= 11 is 0. The SMILES string of the molecule is COc1ccc(-c2cc(NC(=O)CN3C(=O)NC4(CCCCC4)C3=O)ccc2OC(F)F)cc1. The van der Waals surface area contributed by atoms with Gasteiger partial charge >= 0.3 is 12.6 Å². The van der Waals surface area contributed by atoms with E-state index in [-0.39, 0.29) is 11.7 Å². The van der Waals surface area contributed by atoms with E-state index in [2.05, 4.69) is 15.4 Å². The molecule has 180 valence electrons. The highest BCUT2D eigenvalue weighted by atomic mass is 19.3. The zero-order valence-electron chi connectivity index (χ0n) is 18.6. The summed E-state index contributed by atoms with van der Waals surface area (Å²) in [5, 5.41) is 5.40. The predicted octanol–water partition coefficient (Wildman–Crippen LogP) is 4.16. The smallest absolute Gasteiger partial charge is 0.387 e. The Bertz CT molecular complexity index is 1080. The van der Waals surface area contributed by atoms with Crippen molar-refractivity contribution < 1.29 is 32.6 Å². The van der Waals surface area contributed by atoms with Crippen LogP contribution in [0.5, 0.6) is 11.5 Å². The highest BCUT2D eigenvalue weighted by Crippen LogP contribution is 2.35. The molecule has 1 saturated carbocycles. The Hall–Kier alpha value is -3.69. The van der Waals surface area contributed by atoms with E-state index >= 15 is 0 Å². The minimum absolute atomic E-state index is 0.0634. The highest BCUT2D eigenvalue weighted by molar-refractivity contribution is 6.10. The van der Waals surface area contributed by atoms with Gasteiger partial charge in [-0.25, -0.2) is 4.79 Å². The average molecular weight is 473 g/mol. The zero-order valence-corrected chi connectivity index (χ0v) is 18.6. The van der Waals surface area contributed by atoms with Crippen molar-refractivity contribution in [3.8, 4) is 22.6 Å². The van der Waals surface area contributed by atoms with Crippen molar-refractivity contribution in [2.75, 3.05) is 19.0 Å². The summed E-state index contributed by atoms with van der Waals surface area (Å²) in [6.45, 7) is -3.47. The Kier molecular flexibility index (Phi) is 6.67. The number of anilines is 1. The first kappa shape index (κ1) is 23.5. The van der Waals surface area contributed by atoms with Gasteiger partial charge in [-0.2, -0.15) is 8.78 Å². The molecule has 34 heavy (non-hydrogen) atoms. The minimum Gasteiger partial charge on any atom is -0.497 e. The minimum atomic E-state index is -3.02. The van der Waals surface area contributed by atoms with E-state index in [1.54, 1.807) is 24.3 Å². The van der Waals surface area contributed by atoms with Crippen molar-refractivity contribution in [2.45, 2.75) is 44.3 Å². The standard InChI is InChI=1S/C24H25F2N3O5/c1-33-17-8-5-15(6-9-17)18-13-16(7-10-19(18)34-22(25)26)27-20(30)14-29-21(31)24(28-23(29)32)11-3-2-4-12-24/h5-10,13,22H,2-4,11-12,14H2,1H3,(H,27,30)(H,28,32). The van der Waals surface area contributed by atoms with Crippen molar-refractivity contribution in [3.05, 3.63) is 42.5 Å². The second-order valence-electron chi connectivity index (χ2n) is 8.33. The third-order valence-electron chi connectivity index (χ3n) is 6.14. The number of imide groups is 1. The highest BCUT2D eigenvalue weighted by Gasteiger charge is 2.51. The first-order valence-electron chi connectivity index (χ1n) is 11.0. The molecule has 1 spiro atoms. The van der Waals surface area contributed by atoms with Crippen molar-refractivity contribution in [1.82, 2.24) is 10.2 Å². The Morgan fingerprint density at radius 2 is 1.82 bits per heavy atom. The lowest BCUT2D eigenvalue weighted by atomic mass is 9.82. The van der Waals surface area contributed by atoms with Crippen LogP contribution in [0, 0.1) is 0 Å². The van der Waals surface area contributed by atoms with Crippen LogP contribution in [0.2, 0.25) is 0 Å². The fraction of sp³-hybridized carbons (Fsp3) is 0.375. The molecule has 0 bridgehead atoms. The summed E-state index contributed by atoms with van der Waals surface area (Å²) in [5.41, 5.74) is 0.292. The molecule has 0 aromatic heterocycles. The molecular formula is C24H25F2N3O5. The summed E-state index contributed by atoms with van der Waals surface area (Å²) < 4.78 is 35.6. The number of nitrogens with zero attached hydrogens (tertiary/aromatic N) is 1. The molecule has 2 fully saturated rings. The van der Waals surface area contributed by atoms with Gasteiger partial charge in [0.2, 0.25) is 5.91 Å². The Morgan fingerprint density at radius 3 is 2.47 bits per heavy atom. The molecule has 2 aromatic carbocycles. The monoisotopic (exact) mass is 473 g/mol. The van der Waals surface area contributed by atoms with Gasteiger partial charge in [0, 0.05) is 11.3 Å². The maximum atomic E-state index is 12.9. The lowest BCUT2D eigenvalue weighted by molar-refractivity contribution is -0.134. The Morgan fingerprint density at radius 1 is 1.12 bits per heavy atom. The maximum absolute atomic E-state index is 12.9. The van der Waals surface area contributed by atoms with Gasteiger partial charge in [-0.15, -0.1) is 0 Å². The first-order valence-corrected chi connectivity index (χ1v) is 11.0. The topological polar surface area (TPSA) is 97.0 Å². The average Bonchev–Trinajstić information content (AvgIpc) is 3.04. The van der Waals surface area contributed by atoms with Gasteiger partial charge in [0.05, 0.1) is 7.11 Å². The third-order valence-corrected chi connectivity index (χ3v) is 6.14. The molecule has 1 aliphatic heterocycles. The van der Waals surface area contributed by atoms with Crippen molar-refractivity contribution in [1.29, 1.82) is 0 Å². The van der Waals surface area contributed by atoms with Gasteiger partial charge < -0.3 is 20.1 Å². The van der Waals surface area contributed by atoms with Crippen molar-refractivity contribution >= 4 is 23.5 Å². The Balaban J connectivity index is 1.51. The van der Waals surface area contributed by atoms with Crippen LogP contribution in [0.25, 0.3) is 11.1 Å². The largest absolute Gasteiger partial charge is 0.497 e. The quantitative estimate of drug-likeness (QED) is 0.589. The van der Waals surface area contributed by atoms with Gasteiger partial charge in [0.1, 0.15) is 23.6 Å². The predicted molar refractivity (Wildman–Crippen MR) is 120 cm³/mol. The molecular weight excluding hydrogens is 448 g/mol. The number of hydrogen-bond acceptors (Lipinski definition) is 5. The number of ether oxygens (including phenoxy) is 2. The number of urea groups is 1. The Labute approximate surface area is 195 Å². The van der Waals surface area contributed by atoms with Gasteiger partial charge in [0.15, 0.2) is 0 Å². The van der Waals surface area contributed by atoms with Gasteiger partial charge in [0.25, 0.3) is 5.91 Å². The van der Waals surface area contributed by atoms with E-state index in [9.17, 15) is 23.2 Å². The second kappa shape index (κ2) is 9.66. The fourth-order valence-corrected chi connectivity index (χ4v) is 4.46. The molecule has 4 rings (SSSR count). The number of alkyl halides is 2. The van der Waals surface area contributed by atoms with E-state index in [1.165, 1.54) is 25.3 Å². The number of rotatable bonds is 7. The van der Waals surface area contributed by atoms with Crippen LogP contribution in [-0.2, 0) is 9.59 Å². The summed E-state index contributed by atoms with van der Waals surface area (Å²) in [4.78, 5) is 38.9. The van der Waals surface area contributed by atoms with Crippen molar-refractivity contribution in [3.63, 3.8) is 0 Å². The van der Waals surface area contributed by atoms with E-state index < -0.39 is 30.6 Å². The van der Waals surface area contributed by atoms with Crippen LogP contribution in [-0.4, -0.2) is 48.6 Å². The molecule has 2 aromatic rings. The maximum Gasteiger partial charge on any atom is 0.387 e. The second-order valence-corrected chi connectivity index (χ2v) is 8.33. The molecule has 10 heteroatoms. The molecule has 0 unspecified atom stereocenters. The molecule has 2 aliphatic rings. The normalized spacial score (nSPS) is 17.1. The summed E-state index contributed by atoms with van der Waals surface area (Å²) in [6.07, 6.45) is 3.81. The first-order chi connectivity index (χ1) is 16.3. The zero-order chi connectivity index (χ0) is 24.3. The van der Waals surface area contributed by atoms with Gasteiger partial charge in [-0.05, 0) is 48.7 Å². The van der Waals surface area contributed by atoms with Gasteiger partial charge in [-0.3, -0.25) is 14.5 Å². The fourth-order valence-electron chi connectivity index (χ4n) is 4.46. The number of halogens is 2. The number of amides is 4. The van der Waals surface area contributed by atoms with E-state index in [4.69, 9.17) is 4.74 Å². The van der Waals surface area contributed by atoms with E-state index in [0.29, 0.717) is 35.4 Å². The molecule has 1 aliphatic carbocycles. The molecule has 1 heterocycles. The lowest BCUT2D eigenvalue weighted by Crippen LogP contribution is -2.48. The molecule has 0 atom stereocenters. The molecule has 4 amide bonds. The molecule has 8 nitrogen and oxygen atoms in total. The molecule has 0 radical (unpaired) electrons. The van der Waals surface area contributed by atoms with E-state index in [0.717, 1.165) is 24.2 Å². The lowest BCUT2D eigenvalue weighted by Gasteiger charge is -2.30. The van der Waals surface area contributed by atoms with Crippen LogP contribution in [0.1, 0.15) is 32.1 Å². The van der Waals surface area contributed by atoms with E-state index in [1.807, 2.05) is 0 Å². The third kappa shape index (κ3) is 4.80. The summed E-state index contributed by atoms with van der Waals surface area (Å²) in [7, 11) is 1.51. The number of carbonyl (C=O) groups is 3. The summed E-state index contributed by atoms with van der Waals surface area (Å²) in [5.74, 6) is -0.438. The summed E-state index contributed by atoms with van der Waals surface area (Å²) in [6, 6.07) is 10.3. The van der Waals surface area contributed by atoms with Crippen LogP contribution in [0.3, 0.4) is 0 Å². The van der Waals surface area contributed by atoms with Crippen LogP contribution in [0.15, 0.2) is 42.5 Å². The number of nitrogens with one attached hydrogen (secondary N) is 2. The van der Waals surface area contributed by atoms with Crippen molar-refractivity contribution in [2.24, 2.45) is 0 Å². The van der Waals surface area contributed by atoms with Gasteiger partial charge in [-0.1, -0.05) is 31.4 Å². The molecule has 2 N–H and O–H groups in total. The number of hydrogen-bond donors (Lipinski definition) is 2. The molecule has 1 saturated heterocycles. The van der Waals surface area contributed by atoms with Crippen LogP contribution >= 0.6 is 0 Å². The number of methoxy groups -OCH3 is 1. The van der Waals surface area contributed by atoms with Crippen LogP contribution in [0.4, 0.5) is 19.3 Å². The number of benzene rings is 2. The van der Waals surface area contributed by atoms with Crippen LogP contribution < -0.4 is 20.1 Å². The number of carbonyl (C=O) groups excluding carboxylic acids is 3.